The SMILES string of the molecule is CSCC[C@H](NC(=O)[C@H](CS)NC(=O)[C@H](CC(C)C)NC(=O)[C@@H](N)CCCCN)C(=O)N[C@@H](CS)C(=O)N[C@@H](C)C(=O)N[C@@H](CC(=O)O)C(=O)NCC(=O)N[C@H](C(=O)N[C@@H](CC(C)C)C(=O)N[C@@H](Cc1ccccc1)C(=O)N[C@@H](CCCCN)C(=O)N[C@H](C(=O)N[C@@H](CCC(N)=O)C(=O)N[C@H](C(=O)O)C(C)C)C(C)C)[C@@H](C)O. The molecule has 15 atom stereocenters. The molecular formula is C72H122N18O20S3. The van der Waals surface area contributed by atoms with Gasteiger partial charge in [-0.2, -0.15) is 37.0 Å². The maximum Gasteiger partial charge on any atom is 0.326 e. The van der Waals surface area contributed by atoms with Gasteiger partial charge in [0.1, 0.15) is 78.5 Å². The van der Waals surface area contributed by atoms with E-state index in [0.29, 0.717) is 43.5 Å². The Morgan fingerprint density at radius 1 is 0.434 bits per heavy atom. The lowest BCUT2D eigenvalue weighted by atomic mass is 9.99. The Balaban J connectivity index is 3.38. The van der Waals surface area contributed by atoms with Crippen molar-refractivity contribution in [3.63, 3.8) is 0 Å². The number of aliphatic carboxylic acids is 2. The Labute approximate surface area is 674 Å². The second-order valence-corrected chi connectivity index (χ2v) is 30.7. The summed E-state index contributed by atoms with van der Waals surface area (Å²) in [4.78, 5) is 229. The molecule has 0 unspecified atom stereocenters. The number of hydrogen-bond acceptors (Lipinski definition) is 24. The van der Waals surface area contributed by atoms with Gasteiger partial charge in [-0.25, -0.2) is 4.79 Å². The van der Waals surface area contributed by atoms with Gasteiger partial charge in [0.05, 0.1) is 25.1 Å². The van der Waals surface area contributed by atoms with Crippen molar-refractivity contribution in [3.8, 4) is 0 Å². The van der Waals surface area contributed by atoms with Gasteiger partial charge in [-0.1, -0.05) is 92.1 Å². The van der Waals surface area contributed by atoms with Crippen LogP contribution in [-0.2, 0) is 87.9 Å². The van der Waals surface area contributed by atoms with Crippen molar-refractivity contribution in [2.45, 2.75) is 243 Å². The van der Waals surface area contributed by atoms with Crippen molar-refractivity contribution in [1.82, 2.24) is 74.4 Å². The van der Waals surface area contributed by atoms with E-state index >= 15 is 0 Å². The first-order chi connectivity index (χ1) is 53.0. The number of carboxylic acids is 2. The highest BCUT2D eigenvalue weighted by molar-refractivity contribution is 7.98. The Kier molecular flexibility index (Phi) is 48.8. The average molecular weight is 1660 g/mol. The summed E-state index contributed by atoms with van der Waals surface area (Å²) in [6, 6.07) is -11.7. The molecule has 0 aliphatic carbocycles. The molecule has 25 N–H and O–H groups in total. The molecule has 0 aliphatic heterocycles. The molecule has 113 heavy (non-hydrogen) atoms. The van der Waals surface area contributed by atoms with Crippen LogP contribution in [-0.4, -0.2) is 250 Å². The van der Waals surface area contributed by atoms with Crippen molar-refractivity contribution < 1.29 is 96.8 Å². The van der Waals surface area contributed by atoms with E-state index in [1.807, 2.05) is 13.8 Å². The van der Waals surface area contributed by atoms with E-state index in [0.717, 1.165) is 13.8 Å². The molecule has 0 aliphatic rings. The van der Waals surface area contributed by atoms with Crippen LogP contribution in [0.3, 0.4) is 0 Å². The second kappa shape index (κ2) is 54.0. The molecule has 15 amide bonds. The molecule has 1 rings (SSSR count). The van der Waals surface area contributed by atoms with E-state index < -0.39 is 222 Å². The van der Waals surface area contributed by atoms with E-state index in [4.69, 9.17) is 22.9 Å². The van der Waals surface area contributed by atoms with E-state index in [2.05, 4.69) is 99.7 Å². The maximum absolute atomic E-state index is 14.6. The molecular weight excluding hydrogens is 1530 g/mol. The first-order valence-corrected chi connectivity index (χ1v) is 40.2. The molecule has 0 bridgehead atoms. The van der Waals surface area contributed by atoms with Gasteiger partial charge in [0.2, 0.25) is 88.6 Å². The number of carbonyl (C=O) groups excluding carboxylic acids is 15. The quantitative estimate of drug-likeness (QED) is 0.0216. The fourth-order valence-corrected chi connectivity index (χ4v) is 12.0. The van der Waals surface area contributed by atoms with Crippen LogP contribution in [0.2, 0.25) is 0 Å². The highest BCUT2D eigenvalue weighted by Crippen LogP contribution is 2.15. The minimum absolute atomic E-state index is 0.0209. The number of thiol groups is 2. The number of unbranched alkanes of at least 4 members (excludes halogenated alkanes) is 2. The van der Waals surface area contributed by atoms with E-state index in [-0.39, 0.29) is 74.8 Å². The largest absolute Gasteiger partial charge is 0.481 e. The molecule has 638 valence electrons. The summed E-state index contributed by atoms with van der Waals surface area (Å²) in [5.74, 6) is -19.0. The molecule has 41 heteroatoms. The fourth-order valence-electron chi connectivity index (χ4n) is 11.0. The molecule has 0 saturated heterocycles. The zero-order valence-electron chi connectivity index (χ0n) is 66.2. The van der Waals surface area contributed by atoms with Crippen LogP contribution in [0.15, 0.2) is 30.3 Å². The maximum atomic E-state index is 14.6. The number of carboxylic acid groups (broad SMARTS) is 2. The topological polar surface area (TPSA) is 623 Å². The molecule has 0 heterocycles. The number of nitrogens with two attached hydrogens (primary N) is 4. The van der Waals surface area contributed by atoms with Gasteiger partial charge < -0.3 is 113 Å². The molecule has 38 nitrogen and oxygen atoms in total. The van der Waals surface area contributed by atoms with Crippen LogP contribution in [0.1, 0.15) is 152 Å². The lowest BCUT2D eigenvalue weighted by Crippen LogP contribution is -2.61. The summed E-state index contributed by atoms with van der Waals surface area (Å²) >= 11 is 9.78. The lowest BCUT2D eigenvalue weighted by molar-refractivity contribution is -0.144. The number of amides is 15. The summed E-state index contributed by atoms with van der Waals surface area (Å²) in [7, 11) is 0. The van der Waals surface area contributed by atoms with E-state index in [9.17, 15) is 96.8 Å². The minimum atomic E-state index is -1.92. The summed E-state index contributed by atoms with van der Waals surface area (Å²) < 4.78 is 0. The summed E-state index contributed by atoms with van der Waals surface area (Å²) in [5, 5.41) is 64.9. The predicted octanol–water partition coefficient (Wildman–Crippen LogP) is -4.52. The lowest BCUT2D eigenvalue weighted by Gasteiger charge is -2.29. The minimum Gasteiger partial charge on any atom is -0.481 e. The third kappa shape index (κ3) is 39.6. The smallest absolute Gasteiger partial charge is 0.326 e. The standard InChI is InChI=1S/C72H122N18O20S3/c1-36(2)29-47(83-60(97)43(75)21-15-17-26-73)66(103)87-52(35-112)69(106)80-46(25-28-113-11)62(99)86-51(34-111)68(105)78-40(9)59(96)82-50(32-55(94)95)61(98)77-33-54(93)88-58(41(10)91)71(108)85-48(30-37(3)4)65(102)84-49(31-42-19-13-12-14-20-42)67(104)79-44(22-16-18-27-74)63(100)89-56(38(5)6)70(107)81-45(23-24-53(76)92)64(101)90-57(39(7)8)72(109)110/h12-14,19-20,36-41,43-52,56-58,91,111-112H,15-18,21-35,73-75H2,1-11H3,(H2,76,92)(H,77,98)(H,78,105)(H,79,104)(H,80,106)(H,81,107)(H,82,96)(H,83,97)(H,84,102)(H,85,108)(H,86,99)(H,87,103)(H,88,93)(H,89,100)(H,90,101)(H,94,95)(H,109,110)/t40-,41+,43-,44-,45-,46-,47-,48-,49-,50-,51-,52-,56-,57-,58-/m0/s1. The van der Waals surface area contributed by atoms with Crippen molar-refractivity contribution in [1.29, 1.82) is 0 Å². The predicted molar refractivity (Wildman–Crippen MR) is 427 cm³/mol. The third-order valence-electron chi connectivity index (χ3n) is 17.4. The number of carbonyl (C=O) groups is 17. The number of nitrogens with one attached hydrogen (secondary N) is 14. The number of aliphatic hydroxyl groups excluding tert-OH is 1. The van der Waals surface area contributed by atoms with Gasteiger partial charge >= 0.3 is 11.9 Å². The number of primary amides is 1. The van der Waals surface area contributed by atoms with Crippen LogP contribution < -0.4 is 97.4 Å². The van der Waals surface area contributed by atoms with Gasteiger partial charge in [0.25, 0.3) is 0 Å². The van der Waals surface area contributed by atoms with Gasteiger partial charge in [0, 0.05) is 24.3 Å². The fraction of sp³-hybridized carbons (Fsp3) is 0.681. The Bertz CT molecular complexity index is 3330. The number of rotatable bonds is 56. The molecule has 0 saturated carbocycles. The molecule has 0 radical (unpaired) electrons. The Morgan fingerprint density at radius 2 is 0.841 bits per heavy atom. The summed E-state index contributed by atoms with van der Waals surface area (Å²) in [6.07, 6.45) is 0.298. The average Bonchev–Trinajstić information content (AvgIpc) is 0.849. The van der Waals surface area contributed by atoms with Crippen LogP contribution in [0.25, 0.3) is 0 Å². The van der Waals surface area contributed by atoms with Crippen molar-refractivity contribution in [3.05, 3.63) is 35.9 Å². The van der Waals surface area contributed by atoms with Crippen molar-refractivity contribution in [2.75, 3.05) is 43.1 Å². The number of thioether (sulfide) groups is 1. The van der Waals surface area contributed by atoms with Gasteiger partial charge in [-0.05, 0) is 126 Å². The summed E-state index contributed by atoms with van der Waals surface area (Å²) in [5.41, 5.74) is 23.3. The number of aliphatic hydroxyl groups is 1. The van der Waals surface area contributed by atoms with E-state index in [1.54, 1.807) is 78.1 Å². The second-order valence-electron chi connectivity index (χ2n) is 29.0. The van der Waals surface area contributed by atoms with Crippen LogP contribution >= 0.6 is 37.0 Å². The number of hydrogen-bond donors (Lipinski definition) is 23. The molecule has 1 aromatic rings. The monoisotopic (exact) mass is 1650 g/mol. The van der Waals surface area contributed by atoms with Crippen LogP contribution in [0, 0.1) is 23.7 Å². The highest BCUT2D eigenvalue weighted by Gasteiger charge is 2.39. The molecule has 0 spiro atoms. The van der Waals surface area contributed by atoms with Crippen molar-refractivity contribution >= 4 is 138 Å². The van der Waals surface area contributed by atoms with Crippen molar-refractivity contribution in [2.24, 2.45) is 46.6 Å². The van der Waals surface area contributed by atoms with E-state index in [1.165, 1.54) is 11.8 Å². The van der Waals surface area contributed by atoms with Gasteiger partial charge in [-0.15, -0.1) is 0 Å². The third-order valence-corrected chi connectivity index (χ3v) is 18.8. The first-order valence-electron chi connectivity index (χ1n) is 37.6. The Morgan fingerprint density at radius 3 is 1.31 bits per heavy atom. The zero-order chi connectivity index (χ0) is 85.9. The van der Waals surface area contributed by atoms with Gasteiger partial charge in [-0.3, -0.25) is 76.7 Å². The van der Waals surface area contributed by atoms with Gasteiger partial charge in [0.15, 0.2) is 0 Å². The summed E-state index contributed by atoms with van der Waals surface area (Å²) in [6.45, 7) is 15.2. The molecule has 0 aromatic heterocycles. The van der Waals surface area contributed by atoms with Crippen LogP contribution in [0.4, 0.5) is 0 Å². The molecule has 0 fully saturated rings. The normalized spacial score (nSPS) is 15.3. The molecule has 1 aromatic carbocycles. The Hall–Kier alpha value is -8.90. The zero-order valence-corrected chi connectivity index (χ0v) is 68.8. The first kappa shape index (κ1) is 102. The highest BCUT2D eigenvalue weighted by atomic mass is 32.2. The number of benzene rings is 1. The van der Waals surface area contributed by atoms with Crippen LogP contribution in [0.5, 0.6) is 0 Å².